The number of hydrogen-bond acceptors (Lipinski definition) is 5. The molecule has 0 bridgehead atoms. The number of piperidine rings is 1. The molecular formula is C18H22N6. The van der Waals surface area contributed by atoms with Crippen LogP contribution in [0, 0.1) is 6.92 Å². The van der Waals surface area contributed by atoms with Crippen LogP contribution in [0.2, 0.25) is 0 Å². The van der Waals surface area contributed by atoms with Gasteiger partial charge in [0.05, 0.1) is 23.0 Å². The Kier molecular flexibility index (Phi) is 3.52. The third-order valence-corrected chi connectivity index (χ3v) is 4.78. The Morgan fingerprint density at radius 2 is 1.71 bits per heavy atom. The first-order valence-corrected chi connectivity index (χ1v) is 8.40. The van der Waals surface area contributed by atoms with E-state index in [4.69, 9.17) is 11.5 Å². The highest BCUT2D eigenvalue weighted by Crippen LogP contribution is 2.36. The van der Waals surface area contributed by atoms with E-state index in [1.54, 1.807) is 0 Å². The number of hydrogen-bond donors (Lipinski definition) is 2. The highest BCUT2D eigenvalue weighted by Gasteiger charge is 2.22. The molecule has 0 aliphatic carbocycles. The lowest BCUT2D eigenvalue weighted by molar-refractivity contribution is 0.578. The van der Waals surface area contributed by atoms with Gasteiger partial charge in [-0.25, -0.2) is 9.67 Å². The average Bonchev–Trinajstić information content (AvgIpc) is 2.95. The number of anilines is 3. The molecule has 1 saturated heterocycles. The normalized spacial score (nSPS) is 15.1. The number of pyridine rings is 1. The summed E-state index contributed by atoms with van der Waals surface area (Å²) in [6, 6.07) is 8.07. The first kappa shape index (κ1) is 14.8. The zero-order valence-corrected chi connectivity index (χ0v) is 13.9. The van der Waals surface area contributed by atoms with E-state index in [1.807, 2.05) is 29.1 Å². The fraction of sp³-hybridized carbons (Fsp3) is 0.333. The first-order chi connectivity index (χ1) is 11.7. The van der Waals surface area contributed by atoms with E-state index >= 15 is 0 Å². The van der Waals surface area contributed by atoms with E-state index < -0.39 is 0 Å². The molecule has 6 nitrogen and oxygen atoms in total. The molecule has 1 aliphatic heterocycles. The predicted molar refractivity (Wildman–Crippen MR) is 98.5 cm³/mol. The number of rotatable bonds is 2. The molecule has 124 valence electrons. The number of fused-ring (bicyclic) bond motifs is 1. The second kappa shape index (κ2) is 5.70. The van der Waals surface area contributed by atoms with Crippen LogP contribution in [0.1, 0.15) is 24.8 Å². The van der Waals surface area contributed by atoms with Gasteiger partial charge in [-0.15, -0.1) is 5.10 Å². The van der Waals surface area contributed by atoms with Gasteiger partial charge in [-0.1, -0.05) is 18.2 Å². The summed E-state index contributed by atoms with van der Waals surface area (Å²) >= 11 is 0. The summed E-state index contributed by atoms with van der Waals surface area (Å²) in [6.45, 7) is 4.10. The van der Waals surface area contributed by atoms with Gasteiger partial charge in [-0.3, -0.25) is 0 Å². The van der Waals surface area contributed by atoms with Crippen LogP contribution in [0.3, 0.4) is 0 Å². The predicted octanol–water partition coefficient (Wildman–Crippen LogP) is 2.88. The molecule has 0 amide bonds. The van der Waals surface area contributed by atoms with Crippen LogP contribution >= 0.6 is 0 Å². The fourth-order valence-corrected chi connectivity index (χ4v) is 3.53. The largest absolute Gasteiger partial charge is 0.382 e. The van der Waals surface area contributed by atoms with Crippen molar-refractivity contribution in [3.63, 3.8) is 0 Å². The van der Waals surface area contributed by atoms with Crippen molar-refractivity contribution in [2.45, 2.75) is 26.2 Å². The van der Waals surface area contributed by atoms with Gasteiger partial charge >= 0.3 is 0 Å². The molecule has 24 heavy (non-hydrogen) atoms. The van der Waals surface area contributed by atoms with Crippen LogP contribution in [0.4, 0.5) is 17.3 Å². The molecule has 0 saturated carbocycles. The molecule has 4 N–H and O–H groups in total. The lowest BCUT2D eigenvalue weighted by atomic mass is 10.1. The average molecular weight is 322 g/mol. The summed E-state index contributed by atoms with van der Waals surface area (Å²) in [5, 5.41) is 5.49. The summed E-state index contributed by atoms with van der Waals surface area (Å²) in [5.74, 6) is 0.959. The standard InChI is InChI=1S/C18H22N6/c1-12-7-3-4-8-13(12)24-16-15(17(19)22-24)14(11-21-18(16)20)23-9-5-2-6-10-23/h3-4,7-8,11H,2,5-6,9-10H2,1H3,(H2,19,22)(H2,20,21). The third kappa shape index (κ3) is 2.26. The van der Waals surface area contributed by atoms with Crippen molar-refractivity contribution >= 4 is 28.2 Å². The lowest BCUT2D eigenvalue weighted by Crippen LogP contribution is -2.29. The fourth-order valence-electron chi connectivity index (χ4n) is 3.53. The van der Waals surface area contributed by atoms with Crippen LogP contribution in [-0.4, -0.2) is 27.9 Å². The van der Waals surface area contributed by atoms with Crippen molar-refractivity contribution in [2.75, 3.05) is 29.5 Å². The second-order valence-corrected chi connectivity index (χ2v) is 6.38. The first-order valence-electron chi connectivity index (χ1n) is 8.40. The molecule has 2 aromatic heterocycles. The summed E-state index contributed by atoms with van der Waals surface area (Å²) in [7, 11) is 0. The molecule has 3 aromatic rings. The quantitative estimate of drug-likeness (QED) is 0.757. The van der Waals surface area contributed by atoms with E-state index in [1.165, 1.54) is 19.3 Å². The van der Waals surface area contributed by atoms with E-state index in [-0.39, 0.29) is 0 Å². The molecular weight excluding hydrogens is 300 g/mol. The SMILES string of the molecule is Cc1ccccc1-n1nc(N)c2c(N3CCCCC3)cnc(N)c21. The van der Waals surface area contributed by atoms with Gasteiger partial charge in [0, 0.05) is 13.1 Å². The topological polar surface area (TPSA) is 86.0 Å². The molecule has 0 atom stereocenters. The summed E-state index contributed by atoms with van der Waals surface area (Å²) in [6.07, 6.45) is 5.50. The Bertz CT molecular complexity index is 892. The van der Waals surface area contributed by atoms with E-state index in [9.17, 15) is 0 Å². The molecule has 0 spiro atoms. The number of aromatic nitrogens is 3. The zero-order chi connectivity index (χ0) is 16.7. The molecule has 0 radical (unpaired) electrons. The van der Waals surface area contributed by atoms with Crippen LogP contribution in [-0.2, 0) is 0 Å². The van der Waals surface area contributed by atoms with Crippen molar-refractivity contribution in [1.29, 1.82) is 0 Å². The molecule has 3 heterocycles. The number of nitrogen functional groups attached to an aromatic ring is 2. The maximum Gasteiger partial charge on any atom is 0.156 e. The van der Waals surface area contributed by atoms with Gasteiger partial charge in [0.1, 0.15) is 11.3 Å². The van der Waals surface area contributed by atoms with Crippen molar-refractivity contribution in [2.24, 2.45) is 0 Å². The number of nitrogens with two attached hydrogens (primary N) is 2. The minimum absolute atomic E-state index is 0.457. The Morgan fingerprint density at radius 1 is 0.958 bits per heavy atom. The van der Waals surface area contributed by atoms with Crippen LogP contribution in [0.15, 0.2) is 30.5 Å². The van der Waals surface area contributed by atoms with E-state index in [0.717, 1.165) is 40.9 Å². The number of para-hydroxylation sites is 1. The smallest absolute Gasteiger partial charge is 0.156 e. The van der Waals surface area contributed by atoms with Crippen molar-refractivity contribution in [3.05, 3.63) is 36.0 Å². The maximum absolute atomic E-state index is 6.30. The van der Waals surface area contributed by atoms with Crippen molar-refractivity contribution in [1.82, 2.24) is 14.8 Å². The molecule has 0 unspecified atom stereocenters. The summed E-state index contributed by atoms with van der Waals surface area (Å²) in [4.78, 5) is 6.78. The van der Waals surface area contributed by atoms with Gasteiger partial charge in [0.25, 0.3) is 0 Å². The highest BCUT2D eigenvalue weighted by molar-refractivity contribution is 6.05. The Hall–Kier alpha value is -2.76. The number of benzene rings is 1. The van der Waals surface area contributed by atoms with Crippen LogP contribution in [0.25, 0.3) is 16.6 Å². The van der Waals surface area contributed by atoms with Crippen LogP contribution in [0.5, 0.6) is 0 Å². The van der Waals surface area contributed by atoms with Gasteiger partial charge in [0.2, 0.25) is 0 Å². The molecule has 1 aliphatic rings. The summed E-state index contributed by atoms with van der Waals surface area (Å²) in [5.41, 5.74) is 16.4. The minimum atomic E-state index is 0.457. The van der Waals surface area contributed by atoms with Gasteiger partial charge < -0.3 is 16.4 Å². The monoisotopic (exact) mass is 322 g/mol. The van der Waals surface area contributed by atoms with Crippen LogP contribution < -0.4 is 16.4 Å². The molecule has 1 fully saturated rings. The third-order valence-electron chi connectivity index (χ3n) is 4.78. The second-order valence-electron chi connectivity index (χ2n) is 6.38. The molecule has 1 aromatic carbocycles. The van der Waals surface area contributed by atoms with Crippen molar-refractivity contribution in [3.8, 4) is 5.69 Å². The van der Waals surface area contributed by atoms with Crippen molar-refractivity contribution < 1.29 is 0 Å². The zero-order valence-electron chi connectivity index (χ0n) is 13.9. The van der Waals surface area contributed by atoms with Gasteiger partial charge in [-0.05, 0) is 37.8 Å². The van der Waals surface area contributed by atoms with Gasteiger partial charge in [-0.2, -0.15) is 0 Å². The lowest BCUT2D eigenvalue weighted by Gasteiger charge is -2.29. The van der Waals surface area contributed by atoms with Gasteiger partial charge in [0.15, 0.2) is 5.82 Å². The molecule has 6 heteroatoms. The minimum Gasteiger partial charge on any atom is -0.382 e. The van der Waals surface area contributed by atoms with E-state index in [0.29, 0.717) is 11.6 Å². The number of nitrogens with zero attached hydrogens (tertiary/aromatic N) is 4. The Morgan fingerprint density at radius 3 is 2.46 bits per heavy atom. The Balaban J connectivity index is 1.97. The van der Waals surface area contributed by atoms with E-state index in [2.05, 4.69) is 28.0 Å². The summed E-state index contributed by atoms with van der Waals surface area (Å²) < 4.78 is 1.83. The molecule has 4 rings (SSSR count). The maximum atomic E-state index is 6.30. The number of aryl methyl sites for hydroxylation is 1. The highest BCUT2D eigenvalue weighted by atomic mass is 15.3. The Labute approximate surface area is 141 Å².